The van der Waals surface area contributed by atoms with E-state index in [0.717, 1.165) is 12.7 Å². The number of hydrogen-bond acceptors (Lipinski definition) is 7. The summed E-state index contributed by atoms with van der Waals surface area (Å²) in [6.07, 6.45) is 0. The third-order valence-corrected chi connectivity index (χ3v) is 6.52. The quantitative estimate of drug-likeness (QED) is 0.312. The van der Waals surface area contributed by atoms with Crippen LogP contribution in [0.1, 0.15) is 15.9 Å². The second kappa shape index (κ2) is 8.97. The summed E-state index contributed by atoms with van der Waals surface area (Å²) >= 11 is 0. The molecule has 0 saturated carbocycles. The van der Waals surface area contributed by atoms with Crippen LogP contribution in [0.4, 0.5) is 11.4 Å². The number of anilines is 1. The average molecular weight is 440 g/mol. The Morgan fingerprint density at radius 3 is 2.19 bits per heavy atom. The summed E-state index contributed by atoms with van der Waals surface area (Å²) in [5.74, 6) is -0.794. The van der Waals surface area contributed by atoms with E-state index in [4.69, 9.17) is 0 Å². The fourth-order valence-electron chi connectivity index (χ4n) is 3.07. The number of benzene rings is 3. The molecule has 0 unspecified atom stereocenters. The lowest BCUT2D eigenvalue weighted by Crippen LogP contribution is -2.17. The molecule has 0 spiro atoms. The standard InChI is InChI=1S/C22H20N2O6S/c1-23(17-10-13-21(24(26)27)20(14-17)22(25)30-2)15-16-8-11-19(12-9-16)31(28,29)18-6-4-3-5-7-18/h3-14H,15H2,1-2H3. The topological polar surface area (TPSA) is 107 Å². The molecule has 0 amide bonds. The average Bonchev–Trinajstić information content (AvgIpc) is 2.79. The summed E-state index contributed by atoms with van der Waals surface area (Å²) in [5, 5.41) is 11.2. The first-order chi connectivity index (χ1) is 14.7. The Morgan fingerprint density at radius 1 is 1.00 bits per heavy atom. The highest BCUT2D eigenvalue weighted by molar-refractivity contribution is 7.91. The molecule has 0 atom stereocenters. The lowest BCUT2D eigenvalue weighted by molar-refractivity contribution is -0.385. The van der Waals surface area contributed by atoms with Crippen LogP contribution < -0.4 is 4.90 Å². The first-order valence-corrected chi connectivity index (χ1v) is 10.7. The number of carbonyl (C=O) groups excluding carboxylic acids is 1. The summed E-state index contributed by atoms with van der Waals surface area (Å²) < 4.78 is 30.0. The molecule has 160 valence electrons. The van der Waals surface area contributed by atoms with Crippen LogP contribution >= 0.6 is 0 Å². The number of sulfone groups is 1. The van der Waals surface area contributed by atoms with Gasteiger partial charge in [-0.3, -0.25) is 10.1 Å². The Morgan fingerprint density at radius 2 is 1.61 bits per heavy atom. The van der Waals surface area contributed by atoms with Crippen LogP contribution in [0, 0.1) is 10.1 Å². The number of esters is 1. The van der Waals surface area contributed by atoms with Gasteiger partial charge < -0.3 is 9.64 Å². The van der Waals surface area contributed by atoms with Crippen LogP contribution in [-0.4, -0.2) is 33.5 Å². The number of hydrogen-bond donors (Lipinski definition) is 0. The smallest absolute Gasteiger partial charge is 0.344 e. The molecular formula is C22H20N2O6S. The van der Waals surface area contributed by atoms with Gasteiger partial charge in [0, 0.05) is 25.3 Å². The van der Waals surface area contributed by atoms with E-state index in [1.165, 1.54) is 12.1 Å². The molecule has 0 N–H and O–H groups in total. The zero-order valence-corrected chi connectivity index (χ0v) is 17.7. The molecule has 0 aliphatic heterocycles. The van der Waals surface area contributed by atoms with Crippen molar-refractivity contribution in [3.63, 3.8) is 0 Å². The minimum atomic E-state index is -3.60. The predicted molar refractivity (Wildman–Crippen MR) is 115 cm³/mol. The number of nitro groups is 1. The molecule has 0 radical (unpaired) electrons. The Kier molecular flexibility index (Phi) is 6.36. The van der Waals surface area contributed by atoms with Gasteiger partial charge >= 0.3 is 5.97 Å². The molecule has 0 aliphatic rings. The van der Waals surface area contributed by atoms with Gasteiger partial charge in [-0.15, -0.1) is 0 Å². The van der Waals surface area contributed by atoms with E-state index in [2.05, 4.69) is 4.74 Å². The molecule has 3 aromatic rings. The lowest BCUT2D eigenvalue weighted by atomic mass is 10.1. The number of nitro benzene ring substituents is 1. The highest BCUT2D eigenvalue weighted by Gasteiger charge is 2.22. The minimum Gasteiger partial charge on any atom is -0.465 e. The maximum Gasteiger partial charge on any atom is 0.344 e. The van der Waals surface area contributed by atoms with Crippen molar-refractivity contribution in [2.75, 3.05) is 19.1 Å². The summed E-state index contributed by atoms with van der Waals surface area (Å²) in [7, 11) is -0.675. The second-order valence-electron chi connectivity index (χ2n) is 6.77. The Hall–Kier alpha value is -3.72. The van der Waals surface area contributed by atoms with E-state index in [1.54, 1.807) is 72.6 Å². The maximum atomic E-state index is 12.7. The number of rotatable bonds is 7. The van der Waals surface area contributed by atoms with Gasteiger partial charge in [0.2, 0.25) is 9.84 Å². The summed E-state index contributed by atoms with van der Waals surface area (Å²) in [6, 6.07) is 18.9. The van der Waals surface area contributed by atoms with Crippen LogP contribution in [0.3, 0.4) is 0 Å². The summed E-state index contributed by atoms with van der Waals surface area (Å²) in [4.78, 5) is 24.6. The minimum absolute atomic E-state index is 0.138. The van der Waals surface area contributed by atoms with E-state index in [0.29, 0.717) is 12.2 Å². The number of nitrogens with zero attached hydrogens (tertiary/aromatic N) is 2. The van der Waals surface area contributed by atoms with Crippen molar-refractivity contribution in [3.8, 4) is 0 Å². The molecule has 31 heavy (non-hydrogen) atoms. The van der Waals surface area contributed by atoms with Crippen molar-refractivity contribution in [1.29, 1.82) is 0 Å². The zero-order chi connectivity index (χ0) is 22.6. The molecule has 0 aromatic heterocycles. The van der Waals surface area contributed by atoms with E-state index in [1.807, 2.05) is 0 Å². The molecule has 3 rings (SSSR count). The second-order valence-corrected chi connectivity index (χ2v) is 8.72. The number of carbonyl (C=O) groups is 1. The molecular weight excluding hydrogens is 420 g/mol. The van der Waals surface area contributed by atoms with Crippen LogP contribution in [0.2, 0.25) is 0 Å². The van der Waals surface area contributed by atoms with Crippen molar-refractivity contribution in [1.82, 2.24) is 0 Å². The van der Waals surface area contributed by atoms with Crippen molar-refractivity contribution >= 4 is 27.2 Å². The molecule has 0 bridgehead atoms. The Bertz CT molecular complexity index is 1210. The fraction of sp³-hybridized carbons (Fsp3) is 0.136. The first-order valence-electron chi connectivity index (χ1n) is 9.21. The van der Waals surface area contributed by atoms with Gasteiger partial charge in [-0.1, -0.05) is 30.3 Å². The Labute approximate surface area is 179 Å². The SMILES string of the molecule is COC(=O)c1cc(N(C)Cc2ccc(S(=O)(=O)c3ccccc3)cc2)ccc1[N+](=O)[O-]. The number of methoxy groups -OCH3 is 1. The van der Waals surface area contributed by atoms with E-state index in [9.17, 15) is 23.3 Å². The highest BCUT2D eigenvalue weighted by Crippen LogP contribution is 2.27. The van der Waals surface area contributed by atoms with Crippen LogP contribution in [0.15, 0.2) is 82.6 Å². The van der Waals surface area contributed by atoms with Crippen molar-refractivity contribution < 1.29 is 22.9 Å². The highest BCUT2D eigenvalue weighted by atomic mass is 32.2. The summed E-state index contributed by atoms with van der Waals surface area (Å²) in [6.45, 7) is 0.393. The van der Waals surface area contributed by atoms with E-state index < -0.39 is 20.7 Å². The monoisotopic (exact) mass is 440 g/mol. The van der Waals surface area contributed by atoms with Gasteiger partial charge in [-0.25, -0.2) is 13.2 Å². The normalized spacial score (nSPS) is 11.0. The molecule has 0 fully saturated rings. The predicted octanol–water partition coefficient (Wildman–Crippen LogP) is 3.85. The molecule has 0 aliphatic carbocycles. The van der Waals surface area contributed by atoms with Crippen LogP contribution in [-0.2, 0) is 21.1 Å². The molecule has 9 heteroatoms. The number of ether oxygens (including phenoxy) is 1. The van der Waals surface area contributed by atoms with E-state index in [-0.39, 0.29) is 21.0 Å². The van der Waals surface area contributed by atoms with Crippen molar-refractivity contribution in [2.45, 2.75) is 16.3 Å². The van der Waals surface area contributed by atoms with Gasteiger partial charge in [-0.05, 0) is 42.0 Å². The van der Waals surface area contributed by atoms with Gasteiger partial charge in [0.1, 0.15) is 5.56 Å². The van der Waals surface area contributed by atoms with Gasteiger partial charge in [0.25, 0.3) is 5.69 Å². The van der Waals surface area contributed by atoms with Crippen LogP contribution in [0.5, 0.6) is 0 Å². The van der Waals surface area contributed by atoms with Gasteiger partial charge in [0.15, 0.2) is 0 Å². The molecule has 8 nitrogen and oxygen atoms in total. The molecule has 3 aromatic carbocycles. The third kappa shape index (κ3) is 4.72. The van der Waals surface area contributed by atoms with E-state index >= 15 is 0 Å². The van der Waals surface area contributed by atoms with Crippen molar-refractivity contribution in [3.05, 3.63) is 94.0 Å². The Balaban J connectivity index is 1.82. The van der Waals surface area contributed by atoms with Gasteiger partial charge in [-0.2, -0.15) is 0 Å². The van der Waals surface area contributed by atoms with Crippen molar-refractivity contribution in [2.24, 2.45) is 0 Å². The first kappa shape index (κ1) is 22.0. The lowest BCUT2D eigenvalue weighted by Gasteiger charge is -2.20. The van der Waals surface area contributed by atoms with Crippen LogP contribution in [0.25, 0.3) is 0 Å². The largest absolute Gasteiger partial charge is 0.465 e. The third-order valence-electron chi connectivity index (χ3n) is 4.73. The fourth-order valence-corrected chi connectivity index (χ4v) is 4.35. The molecule has 0 heterocycles. The molecule has 0 saturated heterocycles. The zero-order valence-electron chi connectivity index (χ0n) is 16.9. The summed E-state index contributed by atoms with van der Waals surface area (Å²) in [5.41, 5.74) is 0.931. The maximum absolute atomic E-state index is 12.7. The van der Waals surface area contributed by atoms with Gasteiger partial charge in [0.05, 0.1) is 21.8 Å².